The summed E-state index contributed by atoms with van der Waals surface area (Å²) in [5.41, 5.74) is 2.22. The Morgan fingerprint density at radius 3 is 2.15 bits per heavy atom. The van der Waals surface area contributed by atoms with Gasteiger partial charge in [0.1, 0.15) is 0 Å². The van der Waals surface area contributed by atoms with E-state index in [9.17, 15) is 4.79 Å². The molecule has 0 spiro atoms. The van der Waals surface area contributed by atoms with E-state index in [1.54, 1.807) is 0 Å². The monoisotopic (exact) mass is 472 g/mol. The minimum Gasteiger partial charge on any atom is -0.352 e. The number of fused-ring (bicyclic) bond motifs is 2. The molecule has 0 unspecified atom stereocenters. The third-order valence-corrected chi connectivity index (χ3v) is 7.01. The molecule has 34 heavy (non-hydrogen) atoms. The van der Waals surface area contributed by atoms with E-state index in [0.717, 1.165) is 36.9 Å². The molecule has 0 atom stereocenters. The lowest BCUT2D eigenvalue weighted by Gasteiger charge is -2.32. The molecule has 0 aliphatic carbocycles. The van der Waals surface area contributed by atoms with Crippen molar-refractivity contribution < 1.29 is 4.79 Å². The van der Waals surface area contributed by atoms with Gasteiger partial charge in [0, 0.05) is 12.1 Å². The van der Waals surface area contributed by atoms with Crippen molar-refractivity contribution in [3.8, 4) is 0 Å². The molecule has 3 nitrogen and oxygen atoms in total. The fourth-order valence-electron chi connectivity index (χ4n) is 5.06. The van der Waals surface area contributed by atoms with Crippen molar-refractivity contribution in [2.75, 3.05) is 26.2 Å². The first kappa shape index (κ1) is 24.3. The van der Waals surface area contributed by atoms with Crippen LogP contribution in [0.1, 0.15) is 47.5 Å². The van der Waals surface area contributed by atoms with E-state index in [4.69, 9.17) is 0 Å². The molecule has 0 saturated carbocycles. The third-order valence-electron chi connectivity index (χ3n) is 7.01. The Kier molecular flexibility index (Phi) is 8.21. The highest BCUT2D eigenvalue weighted by Crippen LogP contribution is 2.28. The van der Waals surface area contributed by atoms with Crippen LogP contribution in [0.25, 0.3) is 21.5 Å². The molecule has 4 aromatic rings. The maximum Gasteiger partial charge on any atom is 0.251 e. The zero-order chi connectivity index (χ0) is 22.5. The van der Waals surface area contributed by atoms with Crippen LogP contribution in [-0.4, -0.2) is 37.0 Å². The molecule has 0 bridgehead atoms. The van der Waals surface area contributed by atoms with Crippen LogP contribution >= 0.6 is 12.4 Å². The van der Waals surface area contributed by atoms with Gasteiger partial charge >= 0.3 is 0 Å². The van der Waals surface area contributed by atoms with E-state index in [2.05, 4.69) is 83.0 Å². The van der Waals surface area contributed by atoms with Gasteiger partial charge in [-0.3, -0.25) is 4.79 Å². The lowest BCUT2D eigenvalue weighted by atomic mass is 9.89. The second-order valence-corrected chi connectivity index (χ2v) is 9.25. The van der Waals surface area contributed by atoms with Crippen molar-refractivity contribution in [3.05, 3.63) is 96.1 Å². The Labute approximate surface area is 208 Å². The first-order valence-electron chi connectivity index (χ1n) is 12.2. The summed E-state index contributed by atoms with van der Waals surface area (Å²) in [6, 6.07) is 29.6. The van der Waals surface area contributed by atoms with E-state index in [-0.39, 0.29) is 18.3 Å². The quantitative estimate of drug-likeness (QED) is 0.237. The summed E-state index contributed by atoms with van der Waals surface area (Å²) < 4.78 is 0. The van der Waals surface area contributed by atoms with Crippen LogP contribution in [0, 0.1) is 0 Å². The summed E-state index contributed by atoms with van der Waals surface area (Å²) in [5.74, 6) is 0.732. The van der Waals surface area contributed by atoms with Crippen molar-refractivity contribution in [2.24, 2.45) is 0 Å². The predicted octanol–water partition coefficient (Wildman–Crippen LogP) is 6.80. The Hall–Kier alpha value is -2.88. The molecule has 4 aromatic carbocycles. The van der Waals surface area contributed by atoms with Crippen LogP contribution in [0.5, 0.6) is 0 Å². The Balaban J connectivity index is 0.00000274. The number of amides is 1. The van der Waals surface area contributed by atoms with E-state index in [0.29, 0.717) is 5.92 Å². The molecule has 1 N–H and O–H groups in total. The number of nitrogens with one attached hydrogen (secondary N) is 1. The second-order valence-electron chi connectivity index (χ2n) is 9.25. The zero-order valence-corrected chi connectivity index (χ0v) is 20.4. The first-order chi connectivity index (χ1) is 16.3. The Bertz CT molecular complexity index is 1230. The highest BCUT2D eigenvalue weighted by molar-refractivity contribution is 6.03. The normalized spacial score (nSPS) is 14.7. The van der Waals surface area contributed by atoms with Gasteiger partial charge in [0.25, 0.3) is 5.91 Å². The summed E-state index contributed by atoms with van der Waals surface area (Å²) in [6.45, 7) is 4.21. The Morgan fingerprint density at radius 1 is 0.765 bits per heavy atom. The van der Waals surface area contributed by atoms with Crippen LogP contribution in [-0.2, 0) is 0 Å². The summed E-state index contributed by atoms with van der Waals surface area (Å²) in [4.78, 5) is 15.2. The van der Waals surface area contributed by atoms with E-state index in [1.165, 1.54) is 47.7 Å². The van der Waals surface area contributed by atoms with E-state index < -0.39 is 0 Å². The maximum absolute atomic E-state index is 12.7. The standard InChI is InChI=1S/C30H32N2O.ClH/c33-30(28-13-12-27-20-25-10-4-5-11-26(25)21-29(27)22-28)31-16-6-7-17-32-18-14-24(15-19-32)23-8-2-1-3-9-23;/h1-5,8-13,20-22,24H,6-7,14-19H2,(H,31,33);1H. The van der Waals surface area contributed by atoms with Crippen LogP contribution in [0.4, 0.5) is 0 Å². The number of piperidine rings is 1. The number of unbranched alkanes of at least 4 members (excludes halogenated alkanes) is 1. The molecule has 1 heterocycles. The van der Waals surface area contributed by atoms with Crippen molar-refractivity contribution in [2.45, 2.75) is 31.6 Å². The second kappa shape index (κ2) is 11.5. The van der Waals surface area contributed by atoms with Gasteiger partial charge < -0.3 is 10.2 Å². The highest BCUT2D eigenvalue weighted by Gasteiger charge is 2.19. The SMILES string of the molecule is Cl.O=C(NCCCCN1CCC(c2ccccc2)CC1)c1ccc2cc3ccccc3cc2c1. The summed E-state index contributed by atoms with van der Waals surface area (Å²) in [6.07, 6.45) is 4.64. The number of hydrogen-bond acceptors (Lipinski definition) is 2. The molecule has 0 radical (unpaired) electrons. The molecule has 1 fully saturated rings. The predicted molar refractivity (Wildman–Crippen MR) is 145 cm³/mol. The van der Waals surface area contributed by atoms with Gasteiger partial charge in [-0.05, 0) is 103 Å². The van der Waals surface area contributed by atoms with Crippen LogP contribution in [0.2, 0.25) is 0 Å². The average Bonchev–Trinajstić information content (AvgIpc) is 2.87. The summed E-state index contributed by atoms with van der Waals surface area (Å²) >= 11 is 0. The van der Waals surface area contributed by atoms with Gasteiger partial charge in [-0.2, -0.15) is 0 Å². The van der Waals surface area contributed by atoms with Crippen LogP contribution < -0.4 is 5.32 Å². The minimum absolute atomic E-state index is 0. The van der Waals surface area contributed by atoms with Gasteiger partial charge in [-0.25, -0.2) is 0 Å². The van der Waals surface area contributed by atoms with Gasteiger partial charge in [-0.1, -0.05) is 60.7 Å². The molecular formula is C30H33ClN2O. The lowest BCUT2D eigenvalue weighted by molar-refractivity contribution is 0.0952. The first-order valence-corrected chi connectivity index (χ1v) is 12.2. The number of likely N-dealkylation sites (tertiary alicyclic amines) is 1. The maximum atomic E-state index is 12.7. The number of carbonyl (C=O) groups excluding carboxylic acids is 1. The largest absolute Gasteiger partial charge is 0.352 e. The number of benzene rings is 4. The number of nitrogens with zero attached hydrogens (tertiary/aromatic N) is 1. The van der Waals surface area contributed by atoms with E-state index in [1.807, 2.05) is 12.1 Å². The number of halogens is 1. The van der Waals surface area contributed by atoms with Crippen molar-refractivity contribution in [3.63, 3.8) is 0 Å². The molecule has 1 saturated heterocycles. The molecule has 1 aliphatic heterocycles. The smallest absolute Gasteiger partial charge is 0.251 e. The minimum atomic E-state index is 0. The number of rotatable bonds is 7. The van der Waals surface area contributed by atoms with Crippen molar-refractivity contribution in [1.82, 2.24) is 10.2 Å². The van der Waals surface area contributed by atoms with Gasteiger partial charge in [0.2, 0.25) is 0 Å². The molecule has 1 amide bonds. The van der Waals surface area contributed by atoms with Gasteiger partial charge in [0.15, 0.2) is 0 Å². The molecule has 4 heteroatoms. The fourth-order valence-corrected chi connectivity index (χ4v) is 5.06. The lowest BCUT2D eigenvalue weighted by Crippen LogP contribution is -2.34. The van der Waals surface area contributed by atoms with Crippen molar-refractivity contribution in [1.29, 1.82) is 0 Å². The summed E-state index contributed by atoms with van der Waals surface area (Å²) in [7, 11) is 0. The number of hydrogen-bond donors (Lipinski definition) is 1. The molecule has 5 rings (SSSR count). The molecule has 0 aromatic heterocycles. The highest BCUT2D eigenvalue weighted by atomic mass is 35.5. The zero-order valence-electron chi connectivity index (χ0n) is 19.6. The fraction of sp³-hybridized carbons (Fsp3) is 0.300. The summed E-state index contributed by atoms with van der Waals surface area (Å²) in [5, 5.41) is 7.82. The third kappa shape index (κ3) is 5.78. The van der Waals surface area contributed by atoms with E-state index >= 15 is 0 Å². The van der Waals surface area contributed by atoms with Gasteiger partial charge in [-0.15, -0.1) is 12.4 Å². The Morgan fingerprint density at radius 2 is 1.41 bits per heavy atom. The average molecular weight is 473 g/mol. The van der Waals surface area contributed by atoms with Crippen LogP contribution in [0.15, 0.2) is 84.9 Å². The van der Waals surface area contributed by atoms with Crippen molar-refractivity contribution >= 4 is 39.9 Å². The molecule has 1 aliphatic rings. The van der Waals surface area contributed by atoms with Gasteiger partial charge in [0.05, 0.1) is 0 Å². The van der Waals surface area contributed by atoms with Crippen LogP contribution in [0.3, 0.4) is 0 Å². The molecular weight excluding hydrogens is 440 g/mol. The molecule has 176 valence electrons. The number of carbonyl (C=O) groups is 1. The topological polar surface area (TPSA) is 32.3 Å².